The molecule has 2 saturated heterocycles. The first-order valence-electron chi connectivity index (χ1n) is 6.10. The summed E-state index contributed by atoms with van der Waals surface area (Å²) in [5, 5.41) is 0. The molecule has 0 aromatic carbocycles. The van der Waals surface area contributed by atoms with Crippen LogP contribution in [0.3, 0.4) is 0 Å². The molecule has 0 aromatic rings. The molecular formula is C12H24O2. The fraction of sp³-hybridized carbons (Fsp3) is 1.00. The molecule has 2 unspecified atom stereocenters. The Morgan fingerprint density at radius 2 is 1.00 bits per heavy atom. The maximum absolute atomic E-state index is 5.99. The van der Waals surface area contributed by atoms with Crippen LogP contribution in [0.4, 0.5) is 0 Å². The summed E-state index contributed by atoms with van der Waals surface area (Å²) in [5.74, 6) is 0. The third-order valence-corrected chi connectivity index (χ3v) is 3.50. The predicted octanol–water partition coefficient (Wildman–Crippen LogP) is 2.84. The first kappa shape index (κ1) is 12.0. The highest BCUT2D eigenvalue weighted by molar-refractivity contribution is 4.74. The van der Waals surface area contributed by atoms with Crippen LogP contribution in [0.25, 0.3) is 0 Å². The van der Waals surface area contributed by atoms with Gasteiger partial charge in [-0.2, -0.15) is 0 Å². The van der Waals surface area contributed by atoms with Crippen LogP contribution in [0.15, 0.2) is 0 Å². The largest absolute Gasteiger partial charge is 0.412 e. The van der Waals surface area contributed by atoms with Gasteiger partial charge in [0.25, 0.3) is 0 Å². The molecule has 2 heterocycles. The van der Waals surface area contributed by atoms with Crippen molar-refractivity contribution in [2.45, 2.75) is 76.4 Å². The van der Waals surface area contributed by atoms with E-state index in [9.17, 15) is 0 Å². The van der Waals surface area contributed by atoms with Crippen molar-refractivity contribution in [3.63, 3.8) is 0 Å². The smallest absolute Gasteiger partial charge is 0.0579 e. The van der Waals surface area contributed by atoms with E-state index >= 15 is 0 Å². The van der Waals surface area contributed by atoms with Crippen LogP contribution >= 0.6 is 0 Å². The van der Waals surface area contributed by atoms with Gasteiger partial charge >= 0.3 is 0 Å². The summed E-state index contributed by atoms with van der Waals surface area (Å²) in [6.07, 6.45) is 15.2. The highest BCUT2D eigenvalue weighted by Gasteiger charge is 2.24. The van der Waals surface area contributed by atoms with E-state index in [1.165, 1.54) is 64.2 Å². The topological polar surface area (TPSA) is 40.7 Å². The molecule has 2 N–H and O–H groups in total. The molecule has 2 fully saturated rings. The maximum Gasteiger partial charge on any atom is 0.0579 e. The molecule has 2 aliphatic rings. The lowest BCUT2D eigenvalue weighted by atomic mass is 10.0. The van der Waals surface area contributed by atoms with Crippen molar-refractivity contribution < 1.29 is 10.2 Å². The summed E-state index contributed by atoms with van der Waals surface area (Å²) in [6.45, 7) is 0. The Kier molecular flexibility index (Phi) is 5.49. The van der Waals surface area contributed by atoms with Gasteiger partial charge in [-0.15, -0.1) is 0 Å². The third kappa shape index (κ3) is 3.58. The molecule has 2 nitrogen and oxygen atoms in total. The lowest BCUT2D eigenvalue weighted by Crippen LogP contribution is -2.10. The lowest BCUT2D eigenvalue weighted by Gasteiger charge is -2.12. The minimum Gasteiger partial charge on any atom is -0.412 e. The van der Waals surface area contributed by atoms with Crippen molar-refractivity contribution in [2.24, 2.45) is 0 Å². The predicted molar refractivity (Wildman–Crippen MR) is 58.4 cm³/mol. The summed E-state index contributed by atoms with van der Waals surface area (Å²) in [7, 11) is 0. The van der Waals surface area contributed by atoms with Gasteiger partial charge in [0.05, 0.1) is 12.2 Å². The van der Waals surface area contributed by atoms with E-state index in [-0.39, 0.29) is 5.48 Å². The average molecular weight is 200 g/mol. The quantitative estimate of drug-likeness (QED) is 0.592. The van der Waals surface area contributed by atoms with E-state index in [0.29, 0.717) is 12.2 Å². The van der Waals surface area contributed by atoms with Gasteiger partial charge in [0.2, 0.25) is 0 Å². The SMILES string of the molecule is C1CCCCC2CCC(CCC1)O2.O. The summed E-state index contributed by atoms with van der Waals surface area (Å²) in [6, 6.07) is 0. The minimum absolute atomic E-state index is 0. The zero-order valence-electron chi connectivity index (χ0n) is 9.13. The first-order valence-corrected chi connectivity index (χ1v) is 6.10. The number of rotatable bonds is 0. The Morgan fingerprint density at radius 3 is 1.50 bits per heavy atom. The standard InChI is InChI=1S/C12H22O.H2O/c1-2-4-6-8-12-10-9-11(13-12)7-5-3-1;/h11-12H,1-10H2;1H2. The monoisotopic (exact) mass is 200 g/mol. The first-order chi connectivity index (χ1) is 6.45. The van der Waals surface area contributed by atoms with E-state index in [4.69, 9.17) is 4.74 Å². The van der Waals surface area contributed by atoms with Gasteiger partial charge in [-0.25, -0.2) is 0 Å². The number of hydrogen-bond acceptors (Lipinski definition) is 1. The molecule has 0 aromatic heterocycles. The Balaban J connectivity index is 0.000000980. The average Bonchev–Trinajstić information content (AvgIpc) is 2.52. The fourth-order valence-corrected chi connectivity index (χ4v) is 2.66. The zero-order chi connectivity index (χ0) is 8.93. The van der Waals surface area contributed by atoms with Crippen LogP contribution < -0.4 is 0 Å². The molecule has 2 atom stereocenters. The van der Waals surface area contributed by atoms with E-state index in [0.717, 1.165) is 0 Å². The third-order valence-electron chi connectivity index (χ3n) is 3.50. The maximum atomic E-state index is 5.99. The molecule has 0 radical (unpaired) electrons. The van der Waals surface area contributed by atoms with Crippen LogP contribution in [-0.2, 0) is 4.74 Å². The van der Waals surface area contributed by atoms with Crippen molar-refractivity contribution in [1.29, 1.82) is 0 Å². The number of fused-ring (bicyclic) bond motifs is 2. The van der Waals surface area contributed by atoms with Gasteiger partial charge in [0, 0.05) is 0 Å². The van der Waals surface area contributed by atoms with Gasteiger partial charge in [0.15, 0.2) is 0 Å². The summed E-state index contributed by atoms with van der Waals surface area (Å²) < 4.78 is 5.99. The van der Waals surface area contributed by atoms with Gasteiger partial charge in [0.1, 0.15) is 0 Å². The normalized spacial score (nSPS) is 34.3. The van der Waals surface area contributed by atoms with Crippen molar-refractivity contribution >= 4 is 0 Å². The molecule has 2 heteroatoms. The zero-order valence-corrected chi connectivity index (χ0v) is 9.13. The van der Waals surface area contributed by atoms with Crippen LogP contribution in [0, 0.1) is 0 Å². The van der Waals surface area contributed by atoms with Crippen LogP contribution in [-0.4, -0.2) is 17.7 Å². The van der Waals surface area contributed by atoms with Crippen LogP contribution in [0.2, 0.25) is 0 Å². The molecule has 0 spiro atoms. The van der Waals surface area contributed by atoms with Gasteiger partial charge in [-0.3, -0.25) is 0 Å². The Morgan fingerprint density at radius 1 is 0.571 bits per heavy atom. The van der Waals surface area contributed by atoms with Crippen molar-refractivity contribution in [1.82, 2.24) is 0 Å². The van der Waals surface area contributed by atoms with Crippen molar-refractivity contribution in [2.75, 3.05) is 0 Å². The van der Waals surface area contributed by atoms with E-state index < -0.39 is 0 Å². The summed E-state index contributed by atoms with van der Waals surface area (Å²) in [4.78, 5) is 0. The highest BCUT2D eigenvalue weighted by atomic mass is 16.5. The molecule has 14 heavy (non-hydrogen) atoms. The van der Waals surface area contributed by atoms with Crippen molar-refractivity contribution in [3.8, 4) is 0 Å². The summed E-state index contributed by atoms with van der Waals surface area (Å²) in [5.41, 5.74) is 0. The lowest BCUT2D eigenvalue weighted by molar-refractivity contribution is 0.0345. The molecule has 0 aliphatic carbocycles. The second-order valence-corrected chi connectivity index (χ2v) is 4.66. The summed E-state index contributed by atoms with van der Waals surface area (Å²) >= 11 is 0. The molecule has 0 amide bonds. The van der Waals surface area contributed by atoms with E-state index in [1.54, 1.807) is 0 Å². The molecule has 0 saturated carbocycles. The Bertz CT molecular complexity index is 131. The highest BCUT2D eigenvalue weighted by Crippen LogP contribution is 2.28. The molecular weight excluding hydrogens is 176 g/mol. The van der Waals surface area contributed by atoms with Crippen molar-refractivity contribution in [3.05, 3.63) is 0 Å². The van der Waals surface area contributed by atoms with Gasteiger partial charge < -0.3 is 10.2 Å². The van der Waals surface area contributed by atoms with Crippen LogP contribution in [0.5, 0.6) is 0 Å². The number of ether oxygens (including phenoxy) is 1. The molecule has 84 valence electrons. The van der Waals surface area contributed by atoms with Crippen LogP contribution in [0.1, 0.15) is 64.2 Å². The van der Waals surface area contributed by atoms with E-state index in [2.05, 4.69) is 0 Å². The second-order valence-electron chi connectivity index (χ2n) is 4.66. The molecule has 2 aliphatic heterocycles. The van der Waals surface area contributed by atoms with Gasteiger partial charge in [-0.1, -0.05) is 38.5 Å². The Hall–Kier alpha value is -0.0800. The van der Waals surface area contributed by atoms with E-state index in [1.807, 2.05) is 0 Å². The molecule has 2 rings (SSSR count). The Labute approximate surface area is 87.3 Å². The molecule has 2 bridgehead atoms. The fourth-order valence-electron chi connectivity index (χ4n) is 2.66. The van der Waals surface area contributed by atoms with Gasteiger partial charge in [-0.05, 0) is 25.7 Å². The minimum atomic E-state index is 0. The second kappa shape index (κ2) is 6.41. The number of hydrogen-bond donors (Lipinski definition) is 0.